The molecule has 0 aromatic heterocycles. The molecule has 0 aliphatic carbocycles. The smallest absolute Gasteiger partial charge is 0.306 e. The summed E-state index contributed by atoms with van der Waals surface area (Å²) in [4.78, 5) is 63.1. The third-order valence-corrected chi connectivity index (χ3v) is 5.51. The number of hydrogen-bond acceptors (Lipinski definition) is 7. The Bertz CT molecular complexity index is 755. The molecule has 0 spiro atoms. The predicted molar refractivity (Wildman–Crippen MR) is 131 cm³/mol. The lowest BCUT2D eigenvalue weighted by Crippen LogP contribution is -2.47. The van der Waals surface area contributed by atoms with Crippen molar-refractivity contribution in [3.8, 4) is 0 Å². The second-order valence-corrected chi connectivity index (χ2v) is 11.5. The maximum atomic E-state index is 13.2. The van der Waals surface area contributed by atoms with Gasteiger partial charge in [0.1, 0.15) is 0 Å². The molecule has 1 aliphatic rings. The fourth-order valence-corrected chi connectivity index (χ4v) is 3.79. The van der Waals surface area contributed by atoms with Crippen LogP contribution in [0.25, 0.3) is 0 Å². The molecular formula is C26H44N2O7. The number of ketones is 2. The van der Waals surface area contributed by atoms with E-state index in [0.29, 0.717) is 12.8 Å². The molecule has 1 fully saturated rings. The summed E-state index contributed by atoms with van der Waals surface area (Å²) in [7, 11) is 0. The maximum Gasteiger partial charge on any atom is 0.306 e. The van der Waals surface area contributed by atoms with E-state index in [1.165, 1.54) is 0 Å². The van der Waals surface area contributed by atoms with Crippen molar-refractivity contribution >= 4 is 29.4 Å². The quantitative estimate of drug-likeness (QED) is 0.314. The lowest BCUT2D eigenvalue weighted by Gasteiger charge is -2.26. The zero-order chi connectivity index (χ0) is 26.8. The van der Waals surface area contributed by atoms with Crippen LogP contribution >= 0.6 is 0 Å². The molecule has 200 valence electrons. The van der Waals surface area contributed by atoms with Crippen LogP contribution in [0.4, 0.5) is 0 Å². The maximum absolute atomic E-state index is 13.2. The fourth-order valence-electron chi connectivity index (χ4n) is 3.79. The Morgan fingerprint density at radius 2 is 1.71 bits per heavy atom. The highest BCUT2D eigenvalue weighted by atomic mass is 16.5. The molecule has 9 heteroatoms. The molecule has 0 saturated carbocycles. The normalized spacial score (nSPS) is 18.9. The summed E-state index contributed by atoms with van der Waals surface area (Å²) in [5.74, 6) is -3.86. The number of carbonyl (C=O) groups excluding carboxylic acids is 5. The van der Waals surface area contributed by atoms with Crippen molar-refractivity contribution in [2.45, 2.75) is 80.2 Å². The van der Waals surface area contributed by atoms with Gasteiger partial charge in [0.25, 0.3) is 5.91 Å². The van der Waals surface area contributed by atoms with E-state index in [4.69, 9.17) is 9.47 Å². The predicted octanol–water partition coefficient (Wildman–Crippen LogP) is 2.45. The van der Waals surface area contributed by atoms with Crippen molar-refractivity contribution < 1.29 is 33.4 Å². The first kappa shape index (κ1) is 30.7. The Hall–Kier alpha value is -2.29. The number of esters is 1. The molecule has 0 radical (unpaired) electrons. The number of Topliss-reactive ketones (excluding diaryl/α,β-unsaturated/α-hetero) is 2. The van der Waals surface area contributed by atoms with Gasteiger partial charge in [-0.15, -0.1) is 0 Å². The minimum Gasteiger partial charge on any atom is -0.465 e. The molecule has 1 rings (SSSR count). The van der Waals surface area contributed by atoms with Gasteiger partial charge in [0, 0.05) is 18.9 Å². The molecule has 0 bridgehead atoms. The standard InChI is InChI=1S/C26H44N2O7/c1-16(2)10-18(13-22(30)35-15-26(5,6)7)24(32)28-20(11-17(3)4)21(29)12-19-14-34-9-8-27-25(33)23(19)31/h16-20H,8-15H2,1-7H3,(H,27,33)(H,28,32). The van der Waals surface area contributed by atoms with Gasteiger partial charge in [-0.3, -0.25) is 24.0 Å². The Balaban J connectivity index is 2.93. The van der Waals surface area contributed by atoms with E-state index < -0.39 is 35.5 Å². The van der Waals surface area contributed by atoms with Crippen molar-refractivity contribution in [1.82, 2.24) is 10.6 Å². The average molecular weight is 497 g/mol. The monoisotopic (exact) mass is 496 g/mol. The number of rotatable bonds is 12. The van der Waals surface area contributed by atoms with Crippen LogP contribution in [0.15, 0.2) is 0 Å². The van der Waals surface area contributed by atoms with Gasteiger partial charge in [0.2, 0.25) is 11.7 Å². The Labute approximate surface area is 209 Å². The summed E-state index contributed by atoms with van der Waals surface area (Å²) in [5.41, 5.74) is -0.185. The molecule has 9 nitrogen and oxygen atoms in total. The largest absolute Gasteiger partial charge is 0.465 e. The van der Waals surface area contributed by atoms with Gasteiger partial charge < -0.3 is 20.1 Å². The van der Waals surface area contributed by atoms with Gasteiger partial charge in [-0.05, 0) is 30.1 Å². The lowest BCUT2D eigenvalue weighted by atomic mass is 9.89. The molecule has 1 saturated heterocycles. The van der Waals surface area contributed by atoms with Gasteiger partial charge in [-0.2, -0.15) is 0 Å². The summed E-state index contributed by atoms with van der Waals surface area (Å²) in [6.45, 7) is 14.4. The van der Waals surface area contributed by atoms with Crippen LogP contribution in [0.3, 0.4) is 0 Å². The summed E-state index contributed by atoms with van der Waals surface area (Å²) in [6, 6.07) is -0.830. The Kier molecular flexibility index (Phi) is 12.6. The number of hydrogen-bond donors (Lipinski definition) is 2. The van der Waals surface area contributed by atoms with E-state index in [1.54, 1.807) is 0 Å². The van der Waals surface area contributed by atoms with E-state index >= 15 is 0 Å². The van der Waals surface area contributed by atoms with Crippen molar-refractivity contribution in [3.05, 3.63) is 0 Å². The lowest BCUT2D eigenvalue weighted by molar-refractivity contribution is -0.149. The molecule has 3 atom stereocenters. The van der Waals surface area contributed by atoms with Crippen LogP contribution < -0.4 is 10.6 Å². The SMILES string of the molecule is CC(C)CC(CC(=O)OCC(C)(C)C)C(=O)NC(CC(C)C)C(=O)CC1COCCNC(=O)C1=O. The van der Waals surface area contributed by atoms with Crippen LogP contribution in [0.5, 0.6) is 0 Å². The zero-order valence-electron chi connectivity index (χ0n) is 22.4. The minimum atomic E-state index is -0.895. The summed E-state index contributed by atoms with van der Waals surface area (Å²) in [6.07, 6.45) is 0.569. The van der Waals surface area contributed by atoms with E-state index in [2.05, 4.69) is 10.6 Å². The Morgan fingerprint density at radius 3 is 2.29 bits per heavy atom. The molecule has 35 heavy (non-hydrogen) atoms. The minimum absolute atomic E-state index is 0.0179. The highest BCUT2D eigenvalue weighted by Crippen LogP contribution is 2.20. The first-order valence-corrected chi connectivity index (χ1v) is 12.6. The Morgan fingerprint density at radius 1 is 1.09 bits per heavy atom. The third kappa shape index (κ3) is 12.3. The number of amides is 2. The summed E-state index contributed by atoms with van der Waals surface area (Å²) < 4.78 is 10.7. The number of nitrogens with one attached hydrogen (secondary N) is 2. The van der Waals surface area contributed by atoms with Crippen LogP contribution in [0.1, 0.15) is 74.1 Å². The molecule has 1 heterocycles. The van der Waals surface area contributed by atoms with Gasteiger partial charge in [-0.25, -0.2) is 0 Å². The summed E-state index contributed by atoms with van der Waals surface area (Å²) in [5, 5.41) is 5.29. The first-order chi connectivity index (χ1) is 16.2. The second kappa shape index (κ2) is 14.3. The molecule has 3 unspecified atom stereocenters. The van der Waals surface area contributed by atoms with Crippen LogP contribution in [-0.4, -0.2) is 61.8 Å². The topological polar surface area (TPSA) is 128 Å². The van der Waals surface area contributed by atoms with Crippen molar-refractivity contribution in [3.63, 3.8) is 0 Å². The van der Waals surface area contributed by atoms with Crippen LogP contribution in [-0.2, 0) is 33.4 Å². The van der Waals surface area contributed by atoms with Gasteiger partial charge in [0.15, 0.2) is 5.78 Å². The van der Waals surface area contributed by atoms with E-state index in [0.717, 1.165) is 0 Å². The molecular weight excluding hydrogens is 452 g/mol. The second-order valence-electron chi connectivity index (χ2n) is 11.5. The molecule has 0 aromatic rings. The average Bonchev–Trinajstić information content (AvgIpc) is 2.72. The molecule has 0 aromatic carbocycles. The molecule has 2 N–H and O–H groups in total. The highest BCUT2D eigenvalue weighted by molar-refractivity contribution is 6.37. The van der Waals surface area contributed by atoms with Crippen LogP contribution in [0, 0.1) is 29.1 Å². The van der Waals surface area contributed by atoms with Gasteiger partial charge >= 0.3 is 5.97 Å². The van der Waals surface area contributed by atoms with Gasteiger partial charge in [0.05, 0.1) is 38.2 Å². The first-order valence-electron chi connectivity index (χ1n) is 12.6. The van der Waals surface area contributed by atoms with Crippen molar-refractivity contribution in [1.29, 1.82) is 0 Å². The van der Waals surface area contributed by atoms with E-state index in [9.17, 15) is 24.0 Å². The van der Waals surface area contributed by atoms with Crippen molar-refractivity contribution in [2.75, 3.05) is 26.4 Å². The van der Waals surface area contributed by atoms with Crippen LogP contribution in [0.2, 0.25) is 0 Å². The number of carbonyl (C=O) groups is 5. The fraction of sp³-hybridized carbons (Fsp3) is 0.808. The van der Waals surface area contributed by atoms with Gasteiger partial charge in [-0.1, -0.05) is 48.5 Å². The highest BCUT2D eigenvalue weighted by Gasteiger charge is 2.34. The van der Waals surface area contributed by atoms with E-state index in [-0.39, 0.29) is 68.1 Å². The summed E-state index contributed by atoms with van der Waals surface area (Å²) >= 11 is 0. The molecule has 1 aliphatic heterocycles. The third-order valence-electron chi connectivity index (χ3n) is 5.51. The zero-order valence-corrected chi connectivity index (χ0v) is 22.4. The van der Waals surface area contributed by atoms with Crippen molar-refractivity contribution in [2.24, 2.45) is 29.1 Å². The molecule has 2 amide bonds. The number of ether oxygens (including phenoxy) is 2. The van der Waals surface area contributed by atoms with E-state index in [1.807, 2.05) is 48.5 Å².